The number of benzene rings is 1. The van der Waals surface area contributed by atoms with E-state index in [2.05, 4.69) is 26.3 Å². The number of rotatable bonds is 7. The standard InChI is InChI=1S/C18H25BrN4O3S/c1-6-22(7-2)27(25,26)18-13(4)21-23(14(18)5)11-17(24)20-16-9-8-15(19)10-12(16)3/h8-10H,6-7,11H2,1-5H3,(H,20,24). The van der Waals surface area contributed by atoms with Crippen molar-refractivity contribution in [2.75, 3.05) is 18.4 Å². The van der Waals surface area contributed by atoms with Crippen LogP contribution in [0.3, 0.4) is 0 Å². The Labute approximate surface area is 168 Å². The van der Waals surface area contributed by atoms with Crippen LogP contribution < -0.4 is 5.32 Å². The molecule has 0 fully saturated rings. The Balaban J connectivity index is 2.27. The lowest BCUT2D eigenvalue weighted by Crippen LogP contribution is -2.31. The van der Waals surface area contributed by atoms with Crippen LogP contribution in [-0.4, -0.2) is 41.5 Å². The van der Waals surface area contributed by atoms with Crippen molar-refractivity contribution >= 4 is 37.5 Å². The quantitative estimate of drug-likeness (QED) is 0.692. The van der Waals surface area contributed by atoms with Gasteiger partial charge in [-0.05, 0) is 44.5 Å². The molecule has 0 unspecified atom stereocenters. The van der Waals surface area contributed by atoms with Gasteiger partial charge < -0.3 is 5.32 Å². The smallest absolute Gasteiger partial charge is 0.246 e. The third kappa shape index (κ3) is 4.59. The first-order chi connectivity index (χ1) is 12.6. The van der Waals surface area contributed by atoms with Crippen molar-refractivity contribution in [3.63, 3.8) is 0 Å². The van der Waals surface area contributed by atoms with Crippen LogP contribution in [0.4, 0.5) is 5.69 Å². The lowest BCUT2D eigenvalue weighted by Gasteiger charge is -2.18. The molecule has 148 valence electrons. The van der Waals surface area contributed by atoms with Crippen molar-refractivity contribution in [3.05, 3.63) is 39.6 Å². The summed E-state index contributed by atoms with van der Waals surface area (Å²) in [7, 11) is -3.63. The number of carbonyl (C=O) groups excluding carboxylic acids is 1. The van der Waals surface area contributed by atoms with Crippen LogP contribution in [-0.2, 0) is 21.4 Å². The molecule has 0 radical (unpaired) electrons. The lowest BCUT2D eigenvalue weighted by molar-refractivity contribution is -0.116. The van der Waals surface area contributed by atoms with Gasteiger partial charge in [0, 0.05) is 23.2 Å². The van der Waals surface area contributed by atoms with Gasteiger partial charge in [-0.15, -0.1) is 0 Å². The van der Waals surface area contributed by atoms with Crippen molar-refractivity contribution in [3.8, 4) is 0 Å². The molecule has 0 aliphatic carbocycles. The second-order valence-corrected chi connectivity index (χ2v) is 9.04. The monoisotopic (exact) mass is 456 g/mol. The van der Waals surface area contributed by atoms with Crippen LogP contribution >= 0.6 is 15.9 Å². The SMILES string of the molecule is CCN(CC)S(=O)(=O)c1c(C)nn(CC(=O)Nc2ccc(Br)cc2C)c1C. The summed E-state index contributed by atoms with van der Waals surface area (Å²) in [5.74, 6) is -0.266. The molecule has 2 aromatic rings. The Hall–Kier alpha value is -1.71. The molecule has 27 heavy (non-hydrogen) atoms. The van der Waals surface area contributed by atoms with Crippen LogP contribution in [0.5, 0.6) is 0 Å². The fraction of sp³-hybridized carbons (Fsp3) is 0.444. The lowest BCUT2D eigenvalue weighted by atomic mass is 10.2. The van der Waals surface area contributed by atoms with Crippen molar-refractivity contribution in [1.82, 2.24) is 14.1 Å². The largest absolute Gasteiger partial charge is 0.324 e. The van der Waals surface area contributed by atoms with Gasteiger partial charge >= 0.3 is 0 Å². The molecule has 1 amide bonds. The van der Waals surface area contributed by atoms with Gasteiger partial charge in [-0.1, -0.05) is 29.8 Å². The minimum absolute atomic E-state index is 0.0596. The average molecular weight is 457 g/mol. The topological polar surface area (TPSA) is 84.3 Å². The number of hydrogen-bond donors (Lipinski definition) is 1. The van der Waals surface area contributed by atoms with Gasteiger partial charge in [0.2, 0.25) is 15.9 Å². The highest BCUT2D eigenvalue weighted by molar-refractivity contribution is 9.10. The molecular formula is C18H25BrN4O3S. The number of carbonyl (C=O) groups is 1. The fourth-order valence-electron chi connectivity index (χ4n) is 2.99. The third-order valence-electron chi connectivity index (χ3n) is 4.37. The maximum absolute atomic E-state index is 12.9. The summed E-state index contributed by atoms with van der Waals surface area (Å²) >= 11 is 3.39. The minimum Gasteiger partial charge on any atom is -0.324 e. The molecule has 0 saturated carbocycles. The van der Waals surface area contributed by atoms with E-state index in [0.717, 1.165) is 10.0 Å². The number of hydrogen-bond acceptors (Lipinski definition) is 4. The van der Waals surface area contributed by atoms with E-state index >= 15 is 0 Å². The minimum atomic E-state index is -3.63. The number of amides is 1. The van der Waals surface area contributed by atoms with E-state index < -0.39 is 10.0 Å². The van der Waals surface area contributed by atoms with E-state index in [1.807, 2.05) is 25.1 Å². The number of aromatic nitrogens is 2. The Bertz CT molecular complexity index is 950. The van der Waals surface area contributed by atoms with Crippen molar-refractivity contribution in [2.24, 2.45) is 0 Å². The molecule has 0 spiro atoms. The maximum Gasteiger partial charge on any atom is 0.246 e. The van der Waals surface area contributed by atoms with E-state index in [1.165, 1.54) is 8.99 Å². The van der Waals surface area contributed by atoms with Crippen LogP contribution in [0.25, 0.3) is 0 Å². The second-order valence-electron chi connectivity index (χ2n) is 6.25. The summed E-state index contributed by atoms with van der Waals surface area (Å²) in [6, 6.07) is 5.57. The van der Waals surface area contributed by atoms with Gasteiger partial charge in [-0.3, -0.25) is 9.48 Å². The highest BCUT2D eigenvalue weighted by Gasteiger charge is 2.29. The van der Waals surface area contributed by atoms with Crippen LogP contribution in [0.1, 0.15) is 30.8 Å². The number of anilines is 1. The predicted molar refractivity (Wildman–Crippen MR) is 109 cm³/mol. The summed E-state index contributed by atoms with van der Waals surface area (Å²) in [6.07, 6.45) is 0. The van der Waals surface area contributed by atoms with Gasteiger partial charge in [0.15, 0.2) is 0 Å². The van der Waals surface area contributed by atoms with E-state index in [-0.39, 0.29) is 17.3 Å². The van der Waals surface area contributed by atoms with Gasteiger partial charge in [-0.25, -0.2) is 8.42 Å². The summed E-state index contributed by atoms with van der Waals surface area (Å²) in [5, 5.41) is 7.13. The normalized spacial score (nSPS) is 11.8. The van der Waals surface area contributed by atoms with Gasteiger partial charge in [0.1, 0.15) is 11.4 Å². The molecule has 1 aromatic heterocycles. The third-order valence-corrected chi connectivity index (χ3v) is 7.17. The first kappa shape index (κ1) is 21.6. The van der Waals surface area contributed by atoms with Crippen molar-refractivity contribution in [2.45, 2.75) is 46.1 Å². The highest BCUT2D eigenvalue weighted by atomic mass is 79.9. The molecular weight excluding hydrogens is 432 g/mol. The second kappa shape index (κ2) is 8.53. The first-order valence-electron chi connectivity index (χ1n) is 8.71. The molecule has 0 aliphatic rings. The predicted octanol–water partition coefficient (Wildman–Crippen LogP) is 3.24. The number of aryl methyl sites for hydroxylation is 2. The summed E-state index contributed by atoms with van der Waals surface area (Å²) in [5.41, 5.74) is 2.49. The molecule has 1 heterocycles. The fourth-order valence-corrected chi connectivity index (χ4v) is 5.30. The van der Waals surface area contributed by atoms with Crippen molar-refractivity contribution < 1.29 is 13.2 Å². The van der Waals surface area contributed by atoms with E-state index in [1.54, 1.807) is 27.7 Å². The molecule has 0 bridgehead atoms. The van der Waals surface area contributed by atoms with Crippen molar-refractivity contribution in [1.29, 1.82) is 0 Å². The van der Waals surface area contributed by atoms with Gasteiger partial charge in [0.05, 0.1) is 11.4 Å². The van der Waals surface area contributed by atoms with Crippen LogP contribution in [0, 0.1) is 20.8 Å². The number of nitrogens with one attached hydrogen (secondary N) is 1. The molecule has 9 heteroatoms. The van der Waals surface area contributed by atoms with Crippen LogP contribution in [0.15, 0.2) is 27.6 Å². The molecule has 1 aromatic carbocycles. The molecule has 2 rings (SSSR count). The number of nitrogens with zero attached hydrogens (tertiary/aromatic N) is 3. The number of halogens is 1. The average Bonchev–Trinajstić information content (AvgIpc) is 2.85. The Morgan fingerprint density at radius 3 is 2.41 bits per heavy atom. The van der Waals surface area contributed by atoms with E-state index in [9.17, 15) is 13.2 Å². The summed E-state index contributed by atoms with van der Waals surface area (Å²) in [6.45, 7) is 9.52. The molecule has 0 aliphatic heterocycles. The molecule has 0 atom stereocenters. The maximum atomic E-state index is 12.9. The zero-order valence-electron chi connectivity index (χ0n) is 16.2. The summed E-state index contributed by atoms with van der Waals surface area (Å²) in [4.78, 5) is 12.6. The first-order valence-corrected chi connectivity index (χ1v) is 10.9. The Morgan fingerprint density at radius 1 is 1.22 bits per heavy atom. The number of sulfonamides is 1. The highest BCUT2D eigenvalue weighted by Crippen LogP contribution is 2.24. The molecule has 1 N–H and O–H groups in total. The Morgan fingerprint density at radius 2 is 1.85 bits per heavy atom. The zero-order chi connectivity index (χ0) is 20.4. The summed E-state index contributed by atoms with van der Waals surface area (Å²) < 4.78 is 29.5. The van der Waals surface area contributed by atoms with Crippen LogP contribution in [0.2, 0.25) is 0 Å². The van der Waals surface area contributed by atoms with E-state index in [0.29, 0.717) is 30.2 Å². The molecule has 7 nitrogen and oxygen atoms in total. The van der Waals surface area contributed by atoms with E-state index in [4.69, 9.17) is 0 Å². The zero-order valence-corrected chi connectivity index (χ0v) is 18.6. The molecule has 0 saturated heterocycles. The Kier molecular flexibility index (Phi) is 6.82. The van der Waals surface area contributed by atoms with Gasteiger partial charge in [-0.2, -0.15) is 9.40 Å². The van der Waals surface area contributed by atoms with Gasteiger partial charge in [0.25, 0.3) is 0 Å².